The highest BCUT2D eigenvalue weighted by Crippen LogP contribution is 2.36. The Morgan fingerprint density at radius 2 is 1.90 bits per heavy atom. The largest absolute Gasteiger partial charge is 0.497 e. The number of rotatable bonds is 6. The zero-order valence-electron chi connectivity index (χ0n) is 13.5. The lowest BCUT2D eigenvalue weighted by atomic mass is 10.1. The predicted molar refractivity (Wildman–Crippen MR) is 87.7 cm³/mol. The monoisotopic (exact) mass is 288 g/mol. The fourth-order valence-electron chi connectivity index (χ4n) is 2.30. The van der Waals surface area contributed by atoms with Gasteiger partial charge in [-0.1, -0.05) is 20.8 Å². The van der Waals surface area contributed by atoms with Crippen LogP contribution in [0.2, 0.25) is 0 Å². The normalized spacial score (nSPS) is 11.0. The van der Waals surface area contributed by atoms with Crippen LogP contribution < -0.4 is 14.8 Å². The number of anilines is 1. The lowest BCUT2D eigenvalue weighted by Crippen LogP contribution is -2.04. The Balaban J connectivity index is 2.70. The maximum atomic E-state index is 5.53. The van der Waals surface area contributed by atoms with E-state index in [1.165, 1.54) is 0 Å². The van der Waals surface area contributed by atoms with Gasteiger partial charge in [-0.15, -0.1) is 0 Å². The summed E-state index contributed by atoms with van der Waals surface area (Å²) in [5.41, 5.74) is 3.04. The third kappa shape index (κ3) is 3.20. The van der Waals surface area contributed by atoms with E-state index in [1.807, 2.05) is 12.1 Å². The van der Waals surface area contributed by atoms with E-state index in [2.05, 4.69) is 32.2 Å². The van der Waals surface area contributed by atoms with Crippen LogP contribution in [0.5, 0.6) is 11.5 Å². The van der Waals surface area contributed by atoms with Gasteiger partial charge >= 0.3 is 0 Å². The van der Waals surface area contributed by atoms with Crippen molar-refractivity contribution in [3.63, 3.8) is 0 Å². The first-order valence-electron chi connectivity index (χ1n) is 7.41. The van der Waals surface area contributed by atoms with Crippen molar-refractivity contribution < 1.29 is 9.47 Å². The van der Waals surface area contributed by atoms with Crippen molar-refractivity contribution >= 4 is 16.6 Å². The second-order valence-electron chi connectivity index (χ2n) is 5.40. The van der Waals surface area contributed by atoms with Crippen molar-refractivity contribution in [2.24, 2.45) is 0 Å². The number of nitrogens with zero attached hydrogens (tertiary/aromatic N) is 1. The molecule has 0 radical (unpaired) electrons. The third-order valence-electron chi connectivity index (χ3n) is 3.48. The van der Waals surface area contributed by atoms with Crippen molar-refractivity contribution in [1.29, 1.82) is 0 Å². The summed E-state index contributed by atoms with van der Waals surface area (Å²) >= 11 is 0. The maximum Gasteiger partial charge on any atom is 0.134 e. The minimum absolute atomic E-state index is 0.369. The van der Waals surface area contributed by atoms with Crippen LogP contribution in [-0.2, 0) is 0 Å². The standard InChI is InChI=1S/C17H24N2O2/c1-6-7-18-14-10-13(11(2)3)19-15-8-12(20-4)9-16(21-5)17(14)15/h8-11H,6-7H2,1-5H3,(H,18,19). The smallest absolute Gasteiger partial charge is 0.134 e. The summed E-state index contributed by atoms with van der Waals surface area (Å²) in [6, 6.07) is 5.98. The summed E-state index contributed by atoms with van der Waals surface area (Å²) in [5, 5.41) is 4.49. The Morgan fingerprint density at radius 1 is 1.14 bits per heavy atom. The third-order valence-corrected chi connectivity index (χ3v) is 3.48. The molecule has 2 rings (SSSR count). The Hall–Kier alpha value is -1.97. The van der Waals surface area contributed by atoms with Crippen LogP contribution >= 0.6 is 0 Å². The van der Waals surface area contributed by atoms with Gasteiger partial charge in [-0.05, 0) is 18.4 Å². The summed E-state index contributed by atoms with van der Waals surface area (Å²) in [6.07, 6.45) is 1.07. The molecule has 0 amide bonds. The van der Waals surface area contributed by atoms with Crippen LogP contribution in [-0.4, -0.2) is 25.7 Å². The van der Waals surface area contributed by atoms with Gasteiger partial charge in [-0.25, -0.2) is 0 Å². The van der Waals surface area contributed by atoms with Crippen LogP contribution in [0.4, 0.5) is 5.69 Å². The molecule has 114 valence electrons. The molecule has 0 atom stereocenters. The van der Waals surface area contributed by atoms with Gasteiger partial charge in [-0.3, -0.25) is 4.98 Å². The molecule has 0 saturated heterocycles. The lowest BCUT2D eigenvalue weighted by Gasteiger charge is -2.16. The topological polar surface area (TPSA) is 43.4 Å². The van der Waals surface area contributed by atoms with Gasteiger partial charge in [0, 0.05) is 30.1 Å². The average Bonchev–Trinajstić information content (AvgIpc) is 2.50. The number of hydrogen-bond donors (Lipinski definition) is 1. The fraction of sp³-hybridized carbons (Fsp3) is 0.471. The Kier molecular flexibility index (Phi) is 4.89. The highest BCUT2D eigenvalue weighted by Gasteiger charge is 2.14. The van der Waals surface area contributed by atoms with Crippen LogP contribution in [0.3, 0.4) is 0 Å². The maximum absolute atomic E-state index is 5.53. The van der Waals surface area contributed by atoms with E-state index in [4.69, 9.17) is 14.5 Å². The molecule has 1 aromatic heterocycles. The number of aromatic nitrogens is 1. The minimum Gasteiger partial charge on any atom is -0.497 e. The molecule has 4 heteroatoms. The summed E-state index contributed by atoms with van der Waals surface area (Å²) in [7, 11) is 3.33. The van der Waals surface area contributed by atoms with E-state index < -0.39 is 0 Å². The molecule has 1 heterocycles. The van der Waals surface area contributed by atoms with E-state index in [9.17, 15) is 0 Å². The number of ether oxygens (including phenoxy) is 2. The molecule has 1 N–H and O–H groups in total. The summed E-state index contributed by atoms with van der Waals surface area (Å²) in [5.74, 6) is 1.91. The molecule has 4 nitrogen and oxygen atoms in total. The molecule has 0 aliphatic rings. The Bertz CT molecular complexity index is 624. The van der Waals surface area contributed by atoms with Crippen molar-refractivity contribution in [2.75, 3.05) is 26.1 Å². The molecule has 0 fully saturated rings. The molecule has 0 aliphatic carbocycles. The Labute approximate surface area is 126 Å². The van der Waals surface area contributed by atoms with E-state index in [-0.39, 0.29) is 0 Å². The minimum atomic E-state index is 0.369. The number of pyridine rings is 1. The molecule has 21 heavy (non-hydrogen) atoms. The van der Waals surface area contributed by atoms with Crippen molar-refractivity contribution in [3.8, 4) is 11.5 Å². The number of nitrogens with one attached hydrogen (secondary N) is 1. The zero-order chi connectivity index (χ0) is 15.4. The second kappa shape index (κ2) is 6.66. The number of methoxy groups -OCH3 is 2. The molecule has 0 bridgehead atoms. The van der Waals surface area contributed by atoms with Crippen molar-refractivity contribution in [3.05, 3.63) is 23.9 Å². The average molecular weight is 288 g/mol. The van der Waals surface area contributed by atoms with Crippen LogP contribution in [0.15, 0.2) is 18.2 Å². The number of fused-ring (bicyclic) bond motifs is 1. The molecule has 0 spiro atoms. The molecule has 0 saturated carbocycles. The van der Waals surface area contributed by atoms with E-state index in [0.29, 0.717) is 5.92 Å². The predicted octanol–water partition coefficient (Wildman–Crippen LogP) is 4.20. The highest BCUT2D eigenvalue weighted by atomic mass is 16.5. The molecule has 0 unspecified atom stereocenters. The van der Waals surface area contributed by atoms with Gasteiger partial charge in [0.2, 0.25) is 0 Å². The first-order chi connectivity index (χ1) is 10.1. The summed E-state index contributed by atoms with van der Waals surface area (Å²) < 4.78 is 10.9. The molecular formula is C17H24N2O2. The van der Waals surface area contributed by atoms with E-state index in [0.717, 1.165) is 46.7 Å². The molecule has 1 aromatic carbocycles. The van der Waals surface area contributed by atoms with Gasteiger partial charge in [-0.2, -0.15) is 0 Å². The van der Waals surface area contributed by atoms with Crippen molar-refractivity contribution in [2.45, 2.75) is 33.1 Å². The summed E-state index contributed by atoms with van der Waals surface area (Å²) in [6.45, 7) is 7.37. The fourth-order valence-corrected chi connectivity index (χ4v) is 2.30. The Morgan fingerprint density at radius 3 is 2.48 bits per heavy atom. The summed E-state index contributed by atoms with van der Waals surface area (Å²) in [4.78, 5) is 4.76. The van der Waals surface area contributed by atoms with Gasteiger partial charge in [0.25, 0.3) is 0 Å². The van der Waals surface area contributed by atoms with Gasteiger partial charge in [0.15, 0.2) is 0 Å². The van der Waals surface area contributed by atoms with Crippen LogP contribution in [0, 0.1) is 0 Å². The van der Waals surface area contributed by atoms with Crippen LogP contribution in [0.25, 0.3) is 10.9 Å². The quantitative estimate of drug-likeness (QED) is 0.865. The molecule has 2 aromatic rings. The van der Waals surface area contributed by atoms with Crippen molar-refractivity contribution in [1.82, 2.24) is 4.98 Å². The van der Waals surface area contributed by atoms with Gasteiger partial charge < -0.3 is 14.8 Å². The highest BCUT2D eigenvalue weighted by molar-refractivity contribution is 5.97. The number of hydrogen-bond acceptors (Lipinski definition) is 4. The van der Waals surface area contributed by atoms with Gasteiger partial charge in [0.05, 0.1) is 25.1 Å². The first-order valence-corrected chi connectivity index (χ1v) is 7.41. The van der Waals surface area contributed by atoms with Crippen LogP contribution in [0.1, 0.15) is 38.8 Å². The number of benzene rings is 1. The van der Waals surface area contributed by atoms with E-state index in [1.54, 1.807) is 14.2 Å². The first kappa shape index (κ1) is 15.4. The molecular weight excluding hydrogens is 264 g/mol. The lowest BCUT2D eigenvalue weighted by molar-refractivity contribution is 0.398. The zero-order valence-corrected chi connectivity index (χ0v) is 13.5. The SMILES string of the molecule is CCCNc1cc(C(C)C)nc2cc(OC)cc(OC)c12. The van der Waals surface area contributed by atoms with E-state index >= 15 is 0 Å². The second-order valence-corrected chi connectivity index (χ2v) is 5.40. The van der Waals surface area contributed by atoms with Gasteiger partial charge in [0.1, 0.15) is 11.5 Å². The molecule has 0 aliphatic heterocycles.